The highest BCUT2D eigenvalue weighted by atomic mass is 14.6. The maximum atomic E-state index is 2.48. The SMILES string of the molecule is CCC1CC2C(C)C2C(C)C1C. The van der Waals surface area contributed by atoms with E-state index in [0.717, 1.165) is 35.5 Å². The number of hydrogen-bond acceptors (Lipinski definition) is 0. The molecule has 2 aliphatic carbocycles. The molecule has 0 aromatic carbocycles. The van der Waals surface area contributed by atoms with E-state index in [4.69, 9.17) is 0 Å². The summed E-state index contributed by atoms with van der Waals surface area (Å²) >= 11 is 0. The van der Waals surface area contributed by atoms with Crippen LogP contribution < -0.4 is 0 Å². The summed E-state index contributed by atoms with van der Waals surface area (Å²) < 4.78 is 0. The molecule has 70 valence electrons. The molecule has 0 nitrogen and oxygen atoms in total. The summed E-state index contributed by atoms with van der Waals surface area (Å²) in [6.45, 7) is 9.77. The Kier molecular flexibility index (Phi) is 1.97. The lowest BCUT2D eigenvalue weighted by Gasteiger charge is -2.33. The predicted molar refractivity (Wildman–Crippen MR) is 52.9 cm³/mol. The van der Waals surface area contributed by atoms with Gasteiger partial charge in [-0.2, -0.15) is 0 Å². The van der Waals surface area contributed by atoms with Crippen LogP contribution >= 0.6 is 0 Å². The van der Waals surface area contributed by atoms with Crippen molar-refractivity contribution < 1.29 is 0 Å². The van der Waals surface area contributed by atoms with Crippen molar-refractivity contribution in [3.63, 3.8) is 0 Å². The standard InChI is InChI=1S/C12H22/c1-5-10-6-11-9(4)12(11)8(3)7(10)2/h7-12H,5-6H2,1-4H3. The van der Waals surface area contributed by atoms with E-state index in [9.17, 15) is 0 Å². The van der Waals surface area contributed by atoms with Gasteiger partial charge in [-0.25, -0.2) is 0 Å². The second kappa shape index (κ2) is 2.75. The molecular weight excluding hydrogens is 144 g/mol. The molecular formula is C12H22. The van der Waals surface area contributed by atoms with Crippen LogP contribution in [0.4, 0.5) is 0 Å². The van der Waals surface area contributed by atoms with Crippen molar-refractivity contribution in [2.24, 2.45) is 35.5 Å². The van der Waals surface area contributed by atoms with Crippen LogP contribution in [-0.4, -0.2) is 0 Å². The van der Waals surface area contributed by atoms with Gasteiger partial charge in [-0.05, 0) is 41.9 Å². The van der Waals surface area contributed by atoms with Crippen LogP contribution in [0.5, 0.6) is 0 Å². The highest BCUT2D eigenvalue weighted by molar-refractivity contribution is 5.03. The van der Waals surface area contributed by atoms with Crippen molar-refractivity contribution in [3.05, 3.63) is 0 Å². The Morgan fingerprint density at radius 3 is 2.25 bits per heavy atom. The lowest BCUT2D eigenvalue weighted by atomic mass is 9.73. The van der Waals surface area contributed by atoms with Crippen molar-refractivity contribution in [3.8, 4) is 0 Å². The topological polar surface area (TPSA) is 0 Å². The van der Waals surface area contributed by atoms with Crippen LogP contribution in [0.15, 0.2) is 0 Å². The molecule has 0 heterocycles. The lowest BCUT2D eigenvalue weighted by Crippen LogP contribution is -2.25. The predicted octanol–water partition coefficient (Wildman–Crippen LogP) is 3.57. The van der Waals surface area contributed by atoms with Gasteiger partial charge in [0.25, 0.3) is 0 Å². The van der Waals surface area contributed by atoms with E-state index in [0.29, 0.717) is 0 Å². The van der Waals surface area contributed by atoms with Crippen LogP contribution in [0.1, 0.15) is 40.5 Å². The van der Waals surface area contributed by atoms with Crippen molar-refractivity contribution >= 4 is 0 Å². The molecule has 0 heteroatoms. The molecule has 0 saturated heterocycles. The minimum Gasteiger partial charge on any atom is -0.0651 e. The molecule has 0 aromatic rings. The molecule has 2 rings (SSSR count). The van der Waals surface area contributed by atoms with Gasteiger partial charge in [0.05, 0.1) is 0 Å². The monoisotopic (exact) mass is 166 g/mol. The molecule has 2 aliphatic rings. The molecule has 0 amide bonds. The molecule has 12 heavy (non-hydrogen) atoms. The number of rotatable bonds is 1. The summed E-state index contributed by atoms with van der Waals surface area (Å²) in [6, 6.07) is 0. The Hall–Kier alpha value is 0. The average Bonchev–Trinajstić information content (AvgIpc) is 2.69. The third-order valence-electron chi connectivity index (χ3n) is 4.92. The molecule has 0 spiro atoms. The van der Waals surface area contributed by atoms with Gasteiger partial charge >= 0.3 is 0 Å². The zero-order valence-electron chi connectivity index (χ0n) is 8.88. The van der Waals surface area contributed by atoms with E-state index in [-0.39, 0.29) is 0 Å². The van der Waals surface area contributed by atoms with Gasteiger partial charge in [-0.15, -0.1) is 0 Å². The molecule has 0 aliphatic heterocycles. The zero-order chi connectivity index (χ0) is 8.88. The molecule has 6 atom stereocenters. The van der Waals surface area contributed by atoms with Crippen LogP contribution in [-0.2, 0) is 0 Å². The Balaban J connectivity index is 2.06. The first-order valence-electron chi connectivity index (χ1n) is 5.66. The van der Waals surface area contributed by atoms with E-state index in [1.54, 1.807) is 0 Å². The van der Waals surface area contributed by atoms with Gasteiger partial charge in [0.15, 0.2) is 0 Å². The minimum absolute atomic E-state index is 0.987. The summed E-state index contributed by atoms with van der Waals surface area (Å²) in [5.74, 6) is 6.29. The van der Waals surface area contributed by atoms with E-state index >= 15 is 0 Å². The summed E-state index contributed by atoms with van der Waals surface area (Å²) in [4.78, 5) is 0. The van der Waals surface area contributed by atoms with Crippen molar-refractivity contribution in [2.75, 3.05) is 0 Å². The number of hydrogen-bond donors (Lipinski definition) is 0. The Labute approximate surface area is 76.7 Å². The van der Waals surface area contributed by atoms with Gasteiger partial charge in [-0.3, -0.25) is 0 Å². The minimum atomic E-state index is 0.987. The third-order valence-corrected chi connectivity index (χ3v) is 4.92. The van der Waals surface area contributed by atoms with Gasteiger partial charge in [0, 0.05) is 0 Å². The van der Waals surface area contributed by atoms with Gasteiger partial charge < -0.3 is 0 Å². The highest BCUT2D eigenvalue weighted by Gasteiger charge is 2.55. The summed E-state index contributed by atoms with van der Waals surface area (Å²) in [5, 5.41) is 0. The second-order valence-electron chi connectivity index (χ2n) is 5.22. The zero-order valence-corrected chi connectivity index (χ0v) is 8.88. The fourth-order valence-electron chi connectivity index (χ4n) is 3.70. The van der Waals surface area contributed by atoms with Crippen LogP contribution in [0.2, 0.25) is 0 Å². The molecule has 0 aromatic heterocycles. The molecule has 0 N–H and O–H groups in total. The van der Waals surface area contributed by atoms with Crippen molar-refractivity contribution in [2.45, 2.75) is 40.5 Å². The van der Waals surface area contributed by atoms with Crippen molar-refractivity contribution in [1.29, 1.82) is 0 Å². The Morgan fingerprint density at radius 2 is 1.67 bits per heavy atom. The summed E-state index contributed by atoms with van der Waals surface area (Å²) in [5.41, 5.74) is 0. The van der Waals surface area contributed by atoms with Gasteiger partial charge in [0.1, 0.15) is 0 Å². The molecule has 0 radical (unpaired) electrons. The first-order valence-corrected chi connectivity index (χ1v) is 5.66. The van der Waals surface area contributed by atoms with Gasteiger partial charge in [0.2, 0.25) is 0 Å². The first-order chi connectivity index (χ1) is 5.66. The fourth-order valence-corrected chi connectivity index (χ4v) is 3.70. The van der Waals surface area contributed by atoms with E-state index in [1.165, 1.54) is 12.8 Å². The van der Waals surface area contributed by atoms with Gasteiger partial charge in [-0.1, -0.05) is 34.1 Å². The molecule has 2 saturated carbocycles. The highest BCUT2D eigenvalue weighted by Crippen LogP contribution is 2.61. The smallest absolute Gasteiger partial charge is 0.0326 e. The number of fused-ring (bicyclic) bond motifs is 1. The summed E-state index contributed by atoms with van der Waals surface area (Å²) in [7, 11) is 0. The van der Waals surface area contributed by atoms with Crippen LogP contribution in [0.3, 0.4) is 0 Å². The lowest BCUT2D eigenvalue weighted by molar-refractivity contribution is 0.165. The fraction of sp³-hybridized carbons (Fsp3) is 1.00. The average molecular weight is 166 g/mol. The molecule has 2 fully saturated rings. The van der Waals surface area contributed by atoms with E-state index in [1.807, 2.05) is 0 Å². The molecule has 0 bridgehead atoms. The van der Waals surface area contributed by atoms with Crippen LogP contribution in [0, 0.1) is 35.5 Å². The second-order valence-corrected chi connectivity index (χ2v) is 5.22. The van der Waals surface area contributed by atoms with E-state index < -0.39 is 0 Å². The molecule has 6 unspecified atom stereocenters. The Morgan fingerprint density at radius 1 is 1.00 bits per heavy atom. The Bertz CT molecular complexity index is 168. The third kappa shape index (κ3) is 1.03. The maximum Gasteiger partial charge on any atom is -0.0326 e. The quantitative estimate of drug-likeness (QED) is 0.558. The first kappa shape index (κ1) is 8.59. The van der Waals surface area contributed by atoms with E-state index in [2.05, 4.69) is 27.7 Å². The summed E-state index contributed by atoms with van der Waals surface area (Å²) in [6.07, 6.45) is 2.94. The largest absolute Gasteiger partial charge is 0.0651 e. The maximum absolute atomic E-state index is 2.48. The normalized spacial score (nSPS) is 58.0. The van der Waals surface area contributed by atoms with Crippen LogP contribution in [0.25, 0.3) is 0 Å². The van der Waals surface area contributed by atoms with Crippen molar-refractivity contribution in [1.82, 2.24) is 0 Å².